The highest BCUT2D eigenvalue weighted by Gasteiger charge is 2.18. The van der Waals surface area contributed by atoms with Crippen molar-refractivity contribution in [3.05, 3.63) is 36.2 Å². The molecule has 4 N–H and O–H groups in total. The third-order valence-corrected chi connectivity index (χ3v) is 4.65. The van der Waals surface area contributed by atoms with E-state index in [2.05, 4.69) is 14.7 Å². The number of aromatic amines is 1. The molecule has 0 radical (unpaired) electrons. The molecular weight excluding hydrogens is 290 g/mol. The lowest BCUT2D eigenvalue weighted by molar-refractivity contribution is 0.569. The molecule has 0 fully saturated rings. The SMILES string of the molecule is CC(C)n1cc(S(=O)(=O)NCCc2cnc[nH]2)cc1CN. The molecule has 21 heavy (non-hydrogen) atoms. The summed E-state index contributed by atoms with van der Waals surface area (Å²) in [4.78, 5) is 7.08. The summed E-state index contributed by atoms with van der Waals surface area (Å²) in [5, 5.41) is 0. The summed E-state index contributed by atoms with van der Waals surface area (Å²) in [6.07, 6.45) is 5.44. The summed E-state index contributed by atoms with van der Waals surface area (Å²) in [7, 11) is -3.52. The van der Waals surface area contributed by atoms with Gasteiger partial charge in [-0.05, 0) is 19.9 Å². The first-order valence-corrected chi connectivity index (χ1v) is 8.30. The smallest absolute Gasteiger partial charge is 0.242 e. The number of hydrogen-bond acceptors (Lipinski definition) is 4. The number of rotatable bonds is 7. The summed E-state index contributed by atoms with van der Waals surface area (Å²) in [5.41, 5.74) is 7.36. The van der Waals surface area contributed by atoms with E-state index in [4.69, 9.17) is 5.73 Å². The Balaban J connectivity index is 2.08. The van der Waals surface area contributed by atoms with Crippen LogP contribution < -0.4 is 10.5 Å². The van der Waals surface area contributed by atoms with Crippen molar-refractivity contribution in [2.24, 2.45) is 5.73 Å². The van der Waals surface area contributed by atoms with Gasteiger partial charge in [0, 0.05) is 49.3 Å². The number of hydrogen-bond donors (Lipinski definition) is 3. The molecule has 7 nitrogen and oxygen atoms in total. The van der Waals surface area contributed by atoms with Gasteiger partial charge in [0.1, 0.15) is 0 Å². The predicted molar refractivity (Wildman–Crippen MR) is 80.2 cm³/mol. The van der Waals surface area contributed by atoms with Crippen molar-refractivity contribution < 1.29 is 8.42 Å². The van der Waals surface area contributed by atoms with Crippen LogP contribution in [0, 0.1) is 0 Å². The van der Waals surface area contributed by atoms with Crippen molar-refractivity contribution in [2.45, 2.75) is 37.8 Å². The molecule has 2 rings (SSSR count). The highest BCUT2D eigenvalue weighted by molar-refractivity contribution is 7.89. The molecule has 0 aliphatic rings. The van der Waals surface area contributed by atoms with Crippen molar-refractivity contribution >= 4 is 10.0 Å². The monoisotopic (exact) mass is 311 g/mol. The molecule has 0 saturated carbocycles. The molecule has 116 valence electrons. The van der Waals surface area contributed by atoms with Gasteiger partial charge in [-0.25, -0.2) is 18.1 Å². The van der Waals surface area contributed by atoms with E-state index in [0.29, 0.717) is 19.5 Å². The summed E-state index contributed by atoms with van der Waals surface area (Å²) in [6, 6.07) is 1.79. The van der Waals surface area contributed by atoms with E-state index in [1.807, 2.05) is 18.4 Å². The normalized spacial score (nSPS) is 12.2. The van der Waals surface area contributed by atoms with Crippen LogP contribution >= 0.6 is 0 Å². The molecule has 0 aromatic carbocycles. The fourth-order valence-corrected chi connectivity index (χ4v) is 3.19. The van der Waals surface area contributed by atoms with Crippen LogP contribution in [0.4, 0.5) is 0 Å². The van der Waals surface area contributed by atoms with Gasteiger partial charge in [-0.1, -0.05) is 0 Å². The molecule has 8 heteroatoms. The van der Waals surface area contributed by atoms with E-state index < -0.39 is 10.0 Å². The summed E-state index contributed by atoms with van der Waals surface area (Å²) < 4.78 is 29.0. The first-order chi connectivity index (χ1) is 9.94. The Morgan fingerprint density at radius 1 is 1.48 bits per heavy atom. The third kappa shape index (κ3) is 3.72. The minimum absolute atomic E-state index is 0.164. The molecule has 0 atom stereocenters. The minimum Gasteiger partial charge on any atom is -0.348 e. The Morgan fingerprint density at radius 2 is 2.24 bits per heavy atom. The van der Waals surface area contributed by atoms with Crippen LogP contribution in [0.15, 0.2) is 29.7 Å². The quantitative estimate of drug-likeness (QED) is 0.702. The first kappa shape index (κ1) is 15.7. The van der Waals surface area contributed by atoms with Gasteiger partial charge in [0.2, 0.25) is 10.0 Å². The molecule has 0 unspecified atom stereocenters. The fraction of sp³-hybridized carbons (Fsp3) is 0.462. The highest BCUT2D eigenvalue weighted by Crippen LogP contribution is 2.18. The predicted octanol–water partition coefficient (Wildman–Crippen LogP) is 0.772. The van der Waals surface area contributed by atoms with Gasteiger partial charge < -0.3 is 15.3 Å². The fourth-order valence-electron chi connectivity index (χ4n) is 2.11. The zero-order valence-electron chi connectivity index (χ0n) is 12.2. The Morgan fingerprint density at radius 3 is 2.76 bits per heavy atom. The number of nitrogens with zero attached hydrogens (tertiary/aromatic N) is 2. The van der Waals surface area contributed by atoms with Gasteiger partial charge in [-0.2, -0.15) is 0 Å². The first-order valence-electron chi connectivity index (χ1n) is 6.81. The zero-order valence-corrected chi connectivity index (χ0v) is 13.0. The summed E-state index contributed by atoms with van der Waals surface area (Å²) in [5.74, 6) is 0. The van der Waals surface area contributed by atoms with Crippen LogP contribution in [0.5, 0.6) is 0 Å². The van der Waals surface area contributed by atoms with E-state index in [1.165, 1.54) is 0 Å². The molecular formula is C13H21N5O2S. The summed E-state index contributed by atoms with van der Waals surface area (Å²) >= 11 is 0. The number of sulfonamides is 1. The van der Waals surface area contributed by atoms with Gasteiger partial charge in [0.25, 0.3) is 0 Å². The standard InChI is InChI=1S/C13H21N5O2S/c1-10(2)18-8-13(5-12(18)6-14)21(19,20)17-4-3-11-7-15-9-16-11/h5,7-10,17H,3-4,6,14H2,1-2H3,(H,15,16). The van der Waals surface area contributed by atoms with Crippen LogP contribution in [0.2, 0.25) is 0 Å². The van der Waals surface area contributed by atoms with E-state index in [-0.39, 0.29) is 10.9 Å². The van der Waals surface area contributed by atoms with Crippen LogP contribution in [-0.2, 0) is 23.0 Å². The van der Waals surface area contributed by atoms with Gasteiger partial charge in [-0.3, -0.25) is 0 Å². The minimum atomic E-state index is -3.52. The van der Waals surface area contributed by atoms with Gasteiger partial charge in [0.05, 0.1) is 11.2 Å². The second-order valence-corrected chi connectivity index (χ2v) is 6.86. The average Bonchev–Trinajstić information content (AvgIpc) is 3.07. The lowest BCUT2D eigenvalue weighted by Crippen LogP contribution is -2.25. The molecule has 2 aromatic heterocycles. The van der Waals surface area contributed by atoms with E-state index >= 15 is 0 Å². The average molecular weight is 311 g/mol. The van der Waals surface area contributed by atoms with Gasteiger partial charge in [0.15, 0.2) is 0 Å². The molecule has 0 amide bonds. The molecule has 0 spiro atoms. The van der Waals surface area contributed by atoms with Gasteiger partial charge >= 0.3 is 0 Å². The number of aromatic nitrogens is 3. The van der Waals surface area contributed by atoms with Gasteiger partial charge in [-0.15, -0.1) is 0 Å². The molecule has 0 aliphatic carbocycles. The maximum atomic E-state index is 12.3. The Bertz CT molecular complexity index is 673. The Kier molecular flexibility index (Phi) is 4.81. The topological polar surface area (TPSA) is 106 Å². The Hall–Kier alpha value is -1.64. The summed E-state index contributed by atoms with van der Waals surface area (Å²) in [6.45, 7) is 4.60. The lowest BCUT2D eigenvalue weighted by Gasteiger charge is -2.10. The van der Waals surface area contributed by atoms with E-state index in [1.54, 1.807) is 24.8 Å². The third-order valence-electron chi connectivity index (χ3n) is 3.22. The maximum absolute atomic E-state index is 12.3. The second-order valence-electron chi connectivity index (χ2n) is 5.10. The van der Waals surface area contributed by atoms with Crippen LogP contribution in [0.3, 0.4) is 0 Å². The van der Waals surface area contributed by atoms with E-state index in [0.717, 1.165) is 11.4 Å². The molecule has 0 aliphatic heterocycles. The van der Waals surface area contributed by atoms with Crippen molar-refractivity contribution in [1.29, 1.82) is 0 Å². The highest BCUT2D eigenvalue weighted by atomic mass is 32.2. The van der Waals surface area contributed by atoms with Crippen LogP contribution in [0.25, 0.3) is 0 Å². The van der Waals surface area contributed by atoms with Crippen LogP contribution in [-0.4, -0.2) is 29.5 Å². The Labute approximate surface area is 124 Å². The van der Waals surface area contributed by atoms with Crippen molar-refractivity contribution in [3.63, 3.8) is 0 Å². The van der Waals surface area contributed by atoms with E-state index in [9.17, 15) is 8.42 Å². The van der Waals surface area contributed by atoms with Crippen LogP contribution in [0.1, 0.15) is 31.3 Å². The molecule has 2 heterocycles. The number of imidazole rings is 1. The number of nitrogens with one attached hydrogen (secondary N) is 2. The molecule has 2 aromatic rings. The lowest BCUT2D eigenvalue weighted by atomic mass is 10.3. The largest absolute Gasteiger partial charge is 0.348 e. The second kappa shape index (κ2) is 6.42. The van der Waals surface area contributed by atoms with Crippen molar-refractivity contribution in [1.82, 2.24) is 19.3 Å². The van der Waals surface area contributed by atoms with Crippen molar-refractivity contribution in [2.75, 3.05) is 6.54 Å². The molecule has 0 saturated heterocycles. The molecule has 0 bridgehead atoms. The maximum Gasteiger partial charge on any atom is 0.242 e. The number of H-pyrrole nitrogens is 1. The van der Waals surface area contributed by atoms with Crippen molar-refractivity contribution in [3.8, 4) is 0 Å². The zero-order chi connectivity index (χ0) is 15.5. The number of nitrogens with two attached hydrogens (primary N) is 1.